The number of hydrogen-bond acceptors (Lipinski definition) is 2. The molecule has 0 atom stereocenters. The second-order valence-electron chi connectivity index (χ2n) is 13.3. The van der Waals surface area contributed by atoms with Gasteiger partial charge in [-0.1, -0.05) is 133 Å². The van der Waals surface area contributed by atoms with Crippen LogP contribution in [0.2, 0.25) is 0 Å². The van der Waals surface area contributed by atoms with Gasteiger partial charge in [-0.15, -0.1) is 0 Å². The predicted molar refractivity (Wildman–Crippen MR) is 221 cm³/mol. The standard InChI is InChI=1S/C49H34N4/c1-3-12-35(13-4-1)37-22-28-41(29-23-37)51(42-30-24-38(25-31-42)36-14-5-2-6-15-36)43-32-26-39(27-33-43)40-16-11-17-44(34-40)52-47-20-9-10-21-48(47)53-46-19-8-7-18-45(46)50-49(52)53/h1-34H. The van der Waals surface area contributed by atoms with Gasteiger partial charge in [0.05, 0.1) is 22.1 Å². The first kappa shape index (κ1) is 30.6. The second-order valence-corrected chi connectivity index (χ2v) is 13.3. The molecule has 0 fully saturated rings. The molecule has 0 aliphatic carbocycles. The van der Waals surface area contributed by atoms with Crippen LogP contribution in [0.4, 0.5) is 17.1 Å². The number of rotatable bonds is 7. The van der Waals surface area contributed by atoms with E-state index in [0.29, 0.717) is 0 Å². The van der Waals surface area contributed by atoms with Crippen molar-refractivity contribution in [1.29, 1.82) is 0 Å². The lowest BCUT2D eigenvalue weighted by atomic mass is 10.0. The average molecular weight is 679 g/mol. The zero-order chi connectivity index (χ0) is 35.1. The summed E-state index contributed by atoms with van der Waals surface area (Å²) in [6.07, 6.45) is 0. The summed E-state index contributed by atoms with van der Waals surface area (Å²) in [6.45, 7) is 0. The Morgan fingerprint density at radius 1 is 0.340 bits per heavy atom. The quantitative estimate of drug-likeness (QED) is 0.168. The van der Waals surface area contributed by atoms with E-state index in [1.807, 2.05) is 6.07 Å². The van der Waals surface area contributed by atoms with E-state index >= 15 is 0 Å². The molecule has 0 aliphatic rings. The number of imidazole rings is 2. The Bertz CT molecular complexity index is 2770. The van der Waals surface area contributed by atoms with Crippen molar-refractivity contribution in [2.45, 2.75) is 0 Å². The molecule has 2 aromatic heterocycles. The SMILES string of the molecule is c1ccc(-c2ccc(N(c3ccc(-c4ccccc4)cc3)c3ccc(-c4cccc(-n5c6ccccc6n6c7ccccc7nc56)c4)cc3)cc2)cc1. The molecule has 0 unspecified atom stereocenters. The molecule has 0 amide bonds. The molecule has 0 saturated carbocycles. The minimum Gasteiger partial charge on any atom is -0.311 e. The van der Waals surface area contributed by atoms with Crippen LogP contribution in [0, 0.1) is 0 Å². The Balaban J connectivity index is 1.03. The molecule has 0 N–H and O–H groups in total. The third-order valence-corrected chi connectivity index (χ3v) is 10.1. The van der Waals surface area contributed by atoms with Crippen molar-refractivity contribution in [1.82, 2.24) is 14.0 Å². The summed E-state index contributed by atoms with van der Waals surface area (Å²) in [7, 11) is 0. The molecule has 10 aromatic rings. The van der Waals surface area contributed by atoms with Gasteiger partial charge >= 0.3 is 0 Å². The summed E-state index contributed by atoms with van der Waals surface area (Å²) in [5.74, 6) is 0.909. The van der Waals surface area contributed by atoms with Crippen LogP contribution < -0.4 is 4.90 Å². The summed E-state index contributed by atoms with van der Waals surface area (Å²) in [6, 6.07) is 73.3. The molecule has 250 valence electrons. The van der Waals surface area contributed by atoms with E-state index < -0.39 is 0 Å². The highest BCUT2D eigenvalue weighted by molar-refractivity contribution is 5.92. The first-order valence-electron chi connectivity index (χ1n) is 18.0. The topological polar surface area (TPSA) is 25.5 Å². The van der Waals surface area contributed by atoms with Gasteiger partial charge in [0.25, 0.3) is 0 Å². The Hall–Kier alpha value is -7.17. The van der Waals surface area contributed by atoms with E-state index in [2.05, 4.69) is 214 Å². The number of aromatic nitrogens is 3. The van der Waals surface area contributed by atoms with Gasteiger partial charge in [-0.3, -0.25) is 8.97 Å². The van der Waals surface area contributed by atoms with Crippen LogP contribution in [0.1, 0.15) is 0 Å². The molecular formula is C49H34N4. The van der Waals surface area contributed by atoms with Gasteiger partial charge in [0, 0.05) is 22.7 Å². The summed E-state index contributed by atoms with van der Waals surface area (Å²) >= 11 is 0. The summed E-state index contributed by atoms with van der Waals surface area (Å²) in [5, 5.41) is 0. The van der Waals surface area contributed by atoms with E-state index in [9.17, 15) is 0 Å². The highest BCUT2D eigenvalue weighted by Crippen LogP contribution is 2.38. The second kappa shape index (κ2) is 12.9. The molecule has 0 saturated heterocycles. The number of anilines is 3. The lowest BCUT2D eigenvalue weighted by molar-refractivity contribution is 1.11. The van der Waals surface area contributed by atoms with Crippen molar-refractivity contribution in [3.05, 3.63) is 206 Å². The zero-order valence-electron chi connectivity index (χ0n) is 28.9. The Morgan fingerprint density at radius 3 is 1.34 bits per heavy atom. The van der Waals surface area contributed by atoms with Crippen molar-refractivity contribution < 1.29 is 0 Å². The van der Waals surface area contributed by atoms with Gasteiger partial charge in [-0.2, -0.15) is 0 Å². The van der Waals surface area contributed by atoms with Crippen molar-refractivity contribution >= 4 is 44.9 Å². The third-order valence-electron chi connectivity index (χ3n) is 10.1. The van der Waals surface area contributed by atoms with Gasteiger partial charge in [0.2, 0.25) is 5.78 Å². The fourth-order valence-corrected chi connectivity index (χ4v) is 7.55. The zero-order valence-corrected chi connectivity index (χ0v) is 28.9. The van der Waals surface area contributed by atoms with Crippen molar-refractivity contribution in [2.24, 2.45) is 0 Å². The van der Waals surface area contributed by atoms with Crippen LogP contribution in [0.25, 0.3) is 66.9 Å². The van der Waals surface area contributed by atoms with Crippen LogP contribution in [0.3, 0.4) is 0 Å². The number of hydrogen-bond donors (Lipinski definition) is 0. The monoisotopic (exact) mass is 678 g/mol. The molecule has 4 nitrogen and oxygen atoms in total. The first-order valence-corrected chi connectivity index (χ1v) is 18.0. The number of benzene rings is 8. The van der Waals surface area contributed by atoms with E-state index in [-0.39, 0.29) is 0 Å². The largest absolute Gasteiger partial charge is 0.311 e. The van der Waals surface area contributed by atoms with Crippen molar-refractivity contribution in [2.75, 3.05) is 4.90 Å². The van der Waals surface area contributed by atoms with Gasteiger partial charge in [0.1, 0.15) is 0 Å². The number of para-hydroxylation sites is 4. The molecule has 0 bridgehead atoms. The van der Waals surface area contributed by atoms with E-state index in [0.717, 1.165) is 61.7 Å². The van der Waals surface area contributed by atoms with E-state index in [1.165, 1.54) is 22.3 Å². The number of nitrogens with zero attached hydrogens (tertiary/aromatic N) is 4. The molecule has 0 aliphatic heterocycles. The Morgan fingerprint density at radius 2 is 0.774 bits per heavy atom. The van der Waals surface area contributed by atoms with Gasteiger partial charge < -0.3 is 4.90 Å². The lowest BCUT2D eigenvalue weighted by Crippen LogP contribution is -2.09. The van der Waals surface area contributed by atoms with Crippen LogP contribution in [0.5, 0.6) is 0 Å². The molecular weight excluding hydrogens is 645 g/mol. The maximum atomic E-state index is 5.09. The molecule has 4 heteroatoms. The highest BCUT2D eigenvalue weighted by Gasteiger charge is 2.18. The molecule has 10 rings (SSSR count). The molecule has 2 heterocycles. The van der Waals surface area contributed by atoms with Gasteiger partial charge in [-0.25, -0.2) is 4.98 Å². The average Bonchev–Trinajstić information content (AvgIpc) is 3.77. The fraction of sp³-hybridized carbons (Fsp3) is 0. The lowest BCUT2D eigenvalue weighted by Gasteiger charge is -2.26. The third kappa shape index (κ3) is 5.45. The minimum atomic E-state index is 0.909. The maximum absolute atomic E-state index is 5.09. The predicted octanol–water partition coefficient (Wildman–Crippen LogP) is 12.9. The van der Waals surface area contributed by atoms with Gasteiger partial charge in [0.15, 0.2) is 0 Å². The van der Waals surface area contributed by atoms with Crippen molar-refractivity contribution in [3.63, 3.8) is 0 Å². The highest BCUT2D eigenvalue weighted by atomic mass is 15.2. The van der Waals surface area contributed by atoms with Crippen LogP contribution in [0.15, 0.2) is 206 Å². The molecule has 53 heavy (non-hydrogen) atoms. The maximum Gasteiger partial charge on any atom is 0.220 e. The van der Waals surface area contributed by atoms with Crippen LogP contribution >= 0.6 is 0 Å². The normalized spacial score (nSPS) is 11.4. The number of fused-ring (bicyclic) bond motifs is 5. The summed E-state index contributed by atoms with van der Waals surface area (Å²) < 4.78 is 4.53. The van der Waals surface area contributed by atoms with Crippen LogP contribution in [-0.4, -0.2) is 14.0 Å². The van der Waals surface area contributed by atoms with Crippen molar-refractivity contribution in [3.8, 4) is 39.1 Å². The molecule has 0 spiro atoms. The minimum absolute atomic E-state index is 0.909. The van der Waals surface area contributed by atoms with Gasteiger partial charge in [-0.05, 0) is 106 Å². The van der Waals surface area contributed by atoms with E-state index in [1.54, 1.807) is 0 Å². The van der Waals surface area contributed by atoms with E-state index in [4.69, 9.17) is 4.98 Å². The van der Waals surface area contributed by atoms with Crippen LogP contribution in [-0.2, 0) is 0 Å². The molecule has 0 radical (unpaired) electrons. The fourth-order valence-electron chi connectivity index (χ4n) is 7.55. The Labute approximate surface area is 308 Å². The Kier molecular flexibility index (Phi) is 7.43. The summed E-state index contributed by atoms with van der Waals surface area (Å²) in [5.41, 5.74) is 15.8. The molecule has 8 aromatic carbocycles. The first-order chi connectivity index (χ1) is 26.3. The smallest absolute Gasteiger partial charge is 0.220 e. The summed E-state index contributed by atoms with van der Waals surface area (Å²) in [4.78, 5) is 7.41.